The van der Waals surface area contributed by atoms with E-state index in [0.717, 1.165) is 4.31 Å². The van der Waals surface area contributed by atoms with Crippen LogP contribution < -0.4 is 10.8 Å². The Kier molecular flexibility index (Phi) is 9.07. The molecule has 13 heteroatoms. The Bertz CT molecular complexity index is 1390. The summed E-state index contributed by atoms with van der Waals surface area (Å²) in [4.78, 5) is 33.6. The van der Waals surface area contributed by atoms with E-state index in [1.165, 1.54) is 35.1 Å². The molecular formula is C28H45N5O6SSi. The first-order chi connectivity index (χ1) is 18.8. The van der Waals surface area contributed by atoms with Crippen molar-refractivity contribution in [2.24, 2.45) is 0 Å². The van der Waals surface area contributed by atoms with Crippen LogP contribution in [-0.2, 0) is 26.3 Å². The first-order valence-corrected chi connectivity index (χ1v) is 17.5. The van der Waals surface area contributed by atoms with Gasteiger partial charge in [-0.1, -0.05) is 53.7 Å². The summed E-state index contributed by atoms with van der Waals surface area (Å²) in [7, 11) is -3.88. The molecule has 0 fully saturated rings. The number of para-hydroxylation sites is 2. The van der Waals surface area contributed by atoms with E-state index in [-0.39, 0.29) is 46.0 Å². The zero-order valence-electron chi connectivity index (χ0n) is 26.0. The highest BCUT2D eigenvalue weighted by molar-refractivity contribution is 7.87. The van der Waals surface area contributed by atoms with Gasteiger partial charge < -0.3 is 15.2 Å². The molecule has 1 aliphatic rings. The fourth-order valence-corrected chi connectivity index (χ4v) is 14.4. The minimum atomic E-state index is -4.10. The highest BCUT2D eigenvalue weighted by Gasteiger charge is 2.54. The van der Waals surface area contributed by atoms with Crippen LogP contribution in [0.25, 0.3) is 0 Å². The minimum absolute atomic E-state index is 0.122. The van der Waals surface area contributed by atoms with Crippen molar-refractivity contribution in [1.29, 1.82) is 0 Å². The van der Waals surface area contributed by atoms with Gasteiger partial charge >= 0.3 is 16.3 Å². The van der Waals surface area contributed by atoms with Gasteiger partial charge in [0, 0.05) is 14.1 Å². The number of anilines is 1. The van der Waals surface area contributed by atoms with Gasteiger partial charge in [-0.25, -0.2) is 13.8 Å². The number of fused-ring (bicyclic) bond motifs is 1. The Morgan fingerprint density at radius 3 is 2.07 bits per heavy atom. The normalized spacial score (nSPS) is 16.2. The molecule has 0 aliphatic carbocycles. The van der Waals surface area contributed by atoms with E-state index < -0.39 is 41.9 Å². The zero-order chi connectivity index (χ0) is 31.2. The molecule has 1 aliphatic heterocycles. The molecule has 0 saturated carbocycles. The van der Waals surface area contributed by atoms with Crippen LogP contribution in [0.2, 0.25) is 16.6 Å². The van der Waals surface area contributed by atoms with E-state index in [1.807, 2.05) is 0 Å². The minimum Gasteiger partial charge on any atom is -0.506 e. The number of phenolic OH excluding ortho intramolecular Hbond substituents is 1. The second kappa shape index (κ2) is 11.4. The fraction of sp³-hybridized carbons (Fsp3) is 0.607. The van der Waals surface area contributed by atoms with Crippen LogP contribution in [0.15, 0.2) is 24.3 Å². The Morgan fingerprint density at radius 1 is 1.07 bits per heavy atom. The van der Waals surface area contributed by atoms with Gasteiger partial charge in [-0.05, 0) is 49.5 Å². The maximum Gasteiger partial charge on any atom is 0.411 e. The Labute approximate surface area is 245 Å². The summed E-state index contributed by atoms with van der Waals surface area (Å²) in [5, 5.41) is 13.0. The van der Waals surface area contributed by atoms with Crippen molar-refractivity contribution in [2.75, 3.05) is 19.4 Å². The van der Waals surface area contributed by atoms with Gasteiger partial charge in [-0.3, -0.25) is 9.69 Å². The summed E-state index contributed by atoms with van der Waals surface area (Å²) in [5.74, 6) is -0.782. The third kappa shape index (κ3) is 5.76. The molecule has 228 valence electrons. The Morgan fingerprint density at radius 2 is 1.61 bits per heavy atom. The second-order valence-electron chi connectivity index (χ2n) is 12.7. The van der Waals surface area contributed by atoms with Crippen molar-refractivity contribution < 1.29 is 27.9 Å². The van der Waals surface area contributed by atoms with Crippen molar-refractivity contribution in [2.45, 2.75) is 97.1 Å². The van der Waals surface area contributed by atoms with Gasteiger partial charge in [0.2, 0.25) is 0 Å². The molecule has 1 atom stereocenters. The third-order valence-electron chi connectivity index (χ3n) is 7.83. The number of aromatic hydroxyl groups is 1. The van der Waals surface area contributed by atoms with Crippen molar-refractivity contribution in [3.05, 3.63) is 35.7 Å². The molecule has 1 unspecified atom stereocenters. The Balaban J connectivity index is 2.36. The molecule has 1 aromatic heterocycles. The van der Waals surface area contributed by atoms with Gasteiger partial charge in [0.05, 0.1) is 23.6 Å². The van der Waals surface area contributed by atoms with E-state index in [1.54, 1.807) is 32.9 Å². The number of phenols is 1. The molecule has 0 radical (unpaired) electrons. The number of benzene rings is 1. The number of carbonyl (C=O) groups is 2. The van der Waals surface area contributed by atoms with Crippen LogP contribution in [0.3, 0.4) is 0 Å². The topological polar surface area (TPSA) is 134 Å². The molecular weight excluding hydrogens is 562 g/mol. The largest absolute Gasteiger partial charge is 0.506 e. The molecule has 11 nitrogen and oxygen atoms in total. The molecule has 0 saturated heterocycles. The van der Waals surface area contributed by atoms with Crippen molar-refractivity contribution in [3.63, 3.8) is 0 Å². The van der Waals surface area contributed by atoms with E-state index in [9.17, 15) is 23.1 Å². The fourth-order valence-electron chi connectivity index (χ4n) is 6.22. The van der Waals surface area contributed by atoms with Crippen LogP contribution in [-0.4, -0.2) is 71.5 Å². The lowest BCUT2D eigenvalue weighted by Crippen LogP contribution is -2.61. The van der Waals surface area contributed by atoms with Gasteiger partial charge in [0.25, 0.3) is 5.91 Å². The lowest BCUT2D eigenvalue weighted by atomic mass is 10.2. The van der Waals surface area contributed by atoms with Crippen molar-refractivity contribution in [1.82, 2.24) is 18.2 Å². The molecule has 2 aromatic rings. The SMILES string of the molecule is CC(C)[Si](c1nc2c(n1S(=O)(=O)N(C)C)CN(C(=O)OC(C)(C)C)C2C(=O)Nc1ccccc1O)(C(C)C)C(C)C. The summed E-state index contributed by atoms with van der Waals surface area (Å²) in [6, 6.07) is 4.97. The standard InChI is InChI=1S/C28H45N5O6SSi/c1-17(2)41(18(3)4,19(5)6)26-30-23-21(33(26)40(37,38)31(10)11)16-32(27(36)39-28(7,8)9)24(23)25(35)29-20-14-12-13-15-22(20)34/h12-15,17-19,24,34H,16H2,1-11H3,(H,29,35). The number of hydrogen-bond donors (Lipinski definition) is 2. The number of imidazole rings is 1. The predicted octanol–water partition coefficient (Wildman–Crippen LogP) is 4.56. The monoisotopic (exact) mass is 607 g/mol. The average Bonchev–Trinajstić information content (AvgIpc) is 3.35. The number of rotatable bonds is 8. The molecule has 41 heavy (non-hydrogen) atoms. The predicted molar refractivity (Wildman–Crippen MR) is 162 cm³/mol. The highest BCUT2D eigenvalue weighted by atomic mass is 32.2. The van der Waals surface area contributed by atoms with E-state index in [2.05, 4.69) is 46.9 Å². The molecule has 1 aromatic carbocycles. The van der Waals surface area contributed by atoms with Gasteiger partial charge in [0.1, 0.15) is 24.9 Å². The third-order valence-corrected chi connectivity index (χ3v) is 16.6. The molecule has 2 heterocycles. The highest BCUT2D eigenvalue weighted by Crippen LogP contribution is 2.44. The number of amides is 2. The number of nitrogens with zero attached hydrogens (tertiary/aromatic N) is 4. The second-order valence-corrected chi connectivity index (χ2v) is 20.5. The average molecular weight is 608 g/mol. The summed E-state index contributed by atoms with van der Waals surface area (Å²) >= 11 is 0. The number of ether oxygens (including phenoxy) is 1. The number of carbonyl (C=O) groups excluding carboxylic acids is 2. The van der Waals surface area contributed by atoms with E-state index in [0.29, 0.717) is 5.45 Å². The summed E-state index contributed by atoms with van der Waals surface area (Å²) in [6.45, 7) is 17.6. The molecule has 2 amide bonds. The molecule has 2 N–H and O–H groups in total. The summed E-state index contributed by atoms with van der Waals surface area (Å²) < 4.78 is 36.1. The van der Waals surface area contributed by atoms with E-state index in [4.69, 9.17) is 9.72 Å². The number of aromatic nitrogens is 2. The van der Waals surface area contributed by atoms with Gasteiger partial charge in [-0.15, -0.1) is 0 Å². The van der Waals surface area contributed by atoms with Crippen LogP contribution in [0, 0.1) is 0 Å². The number of hydrogen-bond acceptors (Lipinski definition) is 7. The summed E-state index contributed by atoms with van der Waals surface area (Å²) in [5.41, 5.74) is 0.594. The van der Waals surface area contributed by atoms with Crippen LogP contribution in [0.5, 0.6) is 5.75 Å². The molecule has 0 spiro atoms. The van der Waals surface area contributed by atoms with Crippen molar-refractivity contribution in [3.8, 4) is 5.75 Å². The van der Waals surface area contributed by atoms with Crippen LogP contribution in [0.1, 0.15) is 79.7 Å². The quantitative estimate of drug-likeness (QED) is 0.332. The van der Waals surface area contributed by atoms with Crippen LogP contribution in [0.4, 0.5) is 10.5 Å². The maximum atomic E-state index is 14.0. The first kappa shape index (κ1) is 32.6. The smallest absolute Gasteiger partial charge is 0.411 e. The molecule has 0 bridgehead atoms. The lowest BCUT2D eigenvalue weighted by molar-refractivity contribution is -0.121. The van der Waals surface area contributed by atoms with Gasteiger partial charge in [0.15, 0.2) is 6.04 Å². The maximum absolute atomic E-state index is 14.0. The zero-order valence-corrected chi connectivity index (χ0v) is 27.8. The first-order valence-electron chi connectivity index (χ1n) is 13.9. The van der Waals surface area contributed by atoms with E-state index >= 15 is 0 Å². The number of nitrogens with one attached hydrogen (secondary N) is 1. The lowest BCUT2D eigenvalue weighted by Gasteiger charge is -2.42. The van der Waals surface area contributed by atoms with Crippen LogP contribution >= 0.6 is 0 Å². The molecule has 3 rings (SSSR count). The Hall–Kier alpha value is -2.90. The van der Waals surface area contributed by atoms with Crippen molar-refractivity contribution >= 4 is 41.4 Å². The van der Waals surface area contributed by atoms with Gasteiger partial charge in [-0.2, -0.15) is 12.7 Å². The summed E-state index contributed by atoms with van der Waals surface area (Å²) in [6.07, 6.45) is -0.775.